The monoisotopic (exact) mass is 746 g/mol. The van der Waals surface area contributed by atoms with Crippen LogP contribution < -0.4 is 22.8 Å². The second-order valence-corrected chi connectivity index (χ2v) is 15.0. The number of nitrogens with two attached hydrogens (primary N) is 2. The molecule has 0 radical (unpaired) electrons. The molecule has 2 aromatic heterocycles. The highest BCUT2D eigenvalue weighted by Gasteiger charge is 2.36. The Labute approximate surface area is 285 Å². The maximum atomic E-state index is 12.0. The van der Waals surface area contributed by atoms with E-state index in [0.717, 1.165) is 4.57 Å². The first-order chi connectivity index (χ1) is 23.4. The largest absolute Gasteiger partial charge is 0.469 e. The second kappa shape index (κ2) is 18.2. The summed E-state index contributed by atoms with van der Waals surface area (Å²) in [5.41, 5.74) is 10.6. The van der Waals surface area contributed by atoms with Gasteiger partial charge in [-0.2, -0.15) is 9.97 Å². The minimum absolute atomic E-state index is 0.0191. The van der Waals surface area contributed by atoms with Gasteiger partial charge in [0.2, 0.25) is 0 Å². The van der Waals surface area contributed by atoms with Crippen molar-refractivity contribution in [2.45, 2.75) is 69.0 Å². The van der Waals surface area contributed by atoms with Crippen LogP contribution in [0.5, 0.6) is 0 Å². The van der Waals surface area contributed by atoms with E-state index in [1.165, 1.54) is 23.6 Å². The average Bonchev–Trinajstić information content (AvgIpc) is 3.59. The summed E-state index contributed by atoms with van der Waals surface area (Å²) < 4.78 is 39.1. The lowest BCUT2D eigenvalue weighted by Gasteiger charge is -2.15. The van der Waals surface area contributed by atoms with E-state index in [0.29, 0.717) is 18.4 Å². The Balaban J connectivity index is 0.000000270. The fourth-order valence-electron chi connectivity index (χ4n) is 4.66. The molecule has 20 nitrogen and oxygen atoms in total. The summed E-state index contributed by atoms with van der Waals surface area (Å²) in [5.74, 6) is 10.7. The van der Waals surface area contributed by atoms with Crippen molar-refractivity contribution < 1.29 is 58.2 Å². The normalized spacial score (nSPS) is 24.2. The topological polar surface area (TPSA) is 325 Å². The molecule has 0 aromatic carbocycles. The van der Waals surface area contributed by atoms with Gasteiger partial charge in [-0.05, 0) is 6.42 Å². The summed E-state index contributed by atoms with van der Waals surface area (Å²) in [4.78, 5) is 57.6. The van der Waals surface area contributed by atoms with Crippen LogP contribution in [0, 0.1) is 23.7 Å². The van der Waals surface area contributed by atoms with Gasteiger partial charge in [-0.25, -0.2) is 14.2 Å². The van der Waals surface area contributed by atoms with Crippen LogP contribution in [0.2, 0.25) is 0 Å². The summed E-state index contributed by atoms with van der Waals surface area (Å²) >= 11 is 0. The van der Waals surface area contributed by atoms with Crippen LogP contribution in [-0.4, -0.2) is 111 Å². The van der Waals surface area contributed by atoms with Crippen molar-refractivity contribution in [2.75, 3.05) is 44.1 Å². The van der Waals surface area contributed by atoms with Gasteiger partial charge in [-0.3, -0.25) is 18.2 Å². The summed E-state index contributed by atoms with van der Waals surface area (Å²) in [6, 6.07) is 0. The van der Waals surface area contributed by atoms with E-state index in [1.807, 2.05) is 0 Å². The molecule has 2 aromatic rings. The molecule has 4 heterocycles. The highest BCUT2D eigenvalue weighted by molar-refractivity contribution is 7.57. The molecule has 50 heavy (non-hydrogen) atoms. The molecule has 7 atom stereocenters. The number of anilines is 2. The Morgan fingerprint density at radius 3 is 1.68 bits per heavy atom. The fraction of sp³-hybridized carbons (Fsp3) is 0.571. The highest BCUT2D eigenvalue weighted by Crippen LogP contribution is 2.36. The van der Waals surface area contributed by atoms with Gasteiger partial charge < -0.3 is 56.0 Å². The maximum absolute atomic E-state index is 12.0. The third kappa shape index (κ3) is 12.4. The predicted molar refractivity (Wildman–Crippen MR) is 175 cm³/mol. The molecular formula is C28H40N6O14P2. The fourth-order valence-corrected chi connectivity index (χ4v) is 5.73. The van der Waals surface area contributed by atoms with E-state index in [1.54, 1.807) is 0 Å². The first-order valence-corrected chi connectivity index (χ1v) is 18.9. The average molecular weight is 747 g/mol. The van der Waals surface area contributed by atoms with Crippen LogP contribution in [0.25, 0.3) is 0 Å². The lowest BCUT2D eigenvalue weighted by molar-refractivity contribution is -0.0458. The van der Waals surface area contributed by atoms with E-state index >= 15 is 0 Å². The minimum atomic E-state index is -4.54. The number of aliphatic hydroxyl groups is 4. The number of phosphoric ester groups is 1. The number of nitrogens with zero attached hydrogens (tertiary/aromatic N) is 4. The molecule has 0 bridgehead atoms. The molecular weight excluding hydrogens is 706 g/mol. The Bertz CT molecular complexity index is 1690. The Morgan fingerprint density at radius 1 is 0.860 bits per heavy atom. The third-order valence-corrected chi connectivity index (χ3v) is 8.82. The molecule has 2 aliphatic heterocycles. The van der Waals surface area contributed by atoms with Crippen molar-refractivity contribution in [3.8, 4) is 23.7 Å². The number of ether oxygens (including phenoxy) is 2. The Kier molecular flexibility index (Phi) is 14.9. The number of phosphoric acid groups is 1. The van der Waals surface area contributed by atoms with Gasteiger partial charge in [0, 0.05) is 50.9 Å². The van der Waals surface area contributed by atoms with E-state index in [2.05, 4.69) is 38.2 Å². The molecule has 0 aliphatic carbocycles. The maximum Gasteiger partial charge on any atom is 0.469 e. The van der Waals surface area contributed by atoms with Gasteiger partial charge >= 0.3 is 19.2 Å². The molecule has 0 saturated carbocycles. The number of aromatic nitrogens is 4. The van der Waals surface area contributed by atoms with Gasteiger partial charge in [0.15, 0.2) is 7.37 Å². The first kappa shape index (κ1) is 41.0. The Morgan fingerprint density at radius 2 is 1.30 bits per heavy atom. The Hall–Kier alpha value is -3.46. The van der Waals surface area contributed by atoms with E-state index in [-0.39, 0.29) is 62.4 Å². The third-order valence-electron chi connectivity index (χ3n) is 7.16. The van der Waals surface area contributed by atoms with Crippen molar-refractivity contribution in [1.82, 2.24) is 19.1 Å². The van der Waals surface area contributed by atoms with Crippen LogP contribution in [0.4, 0.5) is 11.6 Å². The van der Waals surface area contributed by atoms with E-state index < -0.39 is 63.4 Å². The molecule has 2 aliphatic rings. The first-order valence-electron chi connectivity index (χ1n) is 15.1. The van der Waals surface area contributed by atoms with Crippen molar-refractivity contribution in [3.05, 3.63) is 44.5 Å². The smallest absolute Gasteiger partial charge is 0.394 e. The number of rotatable bonds is 10. The predicted octanol–water partition coefficient (Wildman–Crippen LogP) is -2.18. The molecule has 0 amide bonds. The standard InChI is InChI=1S/C15H22N3O6P.C13H18N3O8P/c1-25(22,23)6-4-2-3-5-10-8-18(15(21)17-14(10)16)13-7-11(20)12(9-19)24-13;14-12-8(3-1-2-4-23-25(20,21)22)6-16(13(19)15-12)11-5-9(18)10(7-17)24-11/h8,11-13,19-20H,2,4,6-7,9H2,1H3,(H,22,23)(H2,16,17,21);6,9-11,17-18H,2,4-5,7H2,(H2,14,15,19)(H2,20,21,22). The number of unbranched alkanes of at least 4 members (excludes halogenated alkanes) is 1. The lowest BCUT2D eigenvalue weighted by Crippen LogP contribution is -2.28. The number of hydrogen-bond donors (Lipinski definition) is 9. The zero-order valence-corrected chi connectivity index (χ0v) is 28.6. The number of aliphatic hydroxyl groups excluding tert-OH is 4. The van der Waals surface area contributed by atoms with Crippen LogP contribution in [0.15, 0.2) is 22.0 Å². The van der Waals surface area contributed by atoms with Crippen molar-refractivity contribution >= 4 is 26.8 Å². The van der Waals surface area contributed by atoms with Crippen molar-refractivity contribution in [3.63, 3.8) is 0 Å². The number of nitrogen functional groups attached to an aromatic ring is 2. The highest BCUT2D eigenvalue weighted by atomic mass is 31.2. The minimum Gasteiger partial charge on any atom is -0.394 e. The quantitative estimate of drug-likeness (QED) is 0.0708. The molecule has 11 N–H and O–H groups in total. The zero-order chi connectivity index (χ0) is 37.2. The molecule has 2 saturated heterocycles. The van der Waals surface area contributed by atoms with Crippen LogP contribution in [0.3, 0.4) is 0 Å². The van der Waals surface area contributed by atoms with Gasteiger partial charge in [0.1, 0.15) is 36.3 Å². The van der Waals surface area contributed by atoms with Gasteiger partial charge in [0.05, 0.1) is 43.2 Å². The van der Waals surface area contributed by atoms with Gasteiger partial charge in [0.25, 0.3) is 0 Å². The van der Waals surface area contributed by atoms with Crippen LogP contribution in [-0.2, 0) is 23.1 Å². The summed E-state index contributed by atoms with van der Waals surface area (Å²) in [6.45, 7) is 0.281. The number of hydrogen-bond acceptors (Lipinski definition) is 15. The molecule has 4 rings (SSSR count). The zero-order valence-electron chi connectivity index (χ0n) is 26.8. The molecule has 22 heteroatoms. The van der Waals surface area contributed by atoms with Crippen molar-refractivity contribution in [2.24, 2.45) is 0 Å². The van der Waals surface area contributed by atoms with E-state index in [9.17, 15) is 33.8 Å². The second-order valence-electron chi connectivity index (χ2n) is 11.2. The lowest BCUT2D eigenvalue weighted by atomic mass is 10.2. The summed E-state index contributed by atoms with van der Waals surface area (Å²) in [5, 5.41) is 37.8. The summed E-state index contributed by atoms with van der Waals surface area (Å²) in [7, 11) is -7.58. The van der Waals surface area contributed by atoms with Crippen LogP contribution >= 0.6 is 15.2 Å². The van der Waals surface area contributed by atoms with E-state index in [4.69, 9.17) is 40.9 Å². The van der Waals surface area contributed by atoms with Crippen LogP contribution in [0.1, 0.15) is 55.7 Å². The SMILES string of the molecule is CP(=O)(O)CCCC#Cc1cn(C2CC(O)C(CO)O2)c(=O)nc1N.Nc1nc(=O)n(C2CC(O)C(CO)O2)cc1C#CCCOP(=O)(O)O. The molecule has 7 unspecified atom stereocenters. The van der Waals surface area contributed by atoms with Gasteiger partial charge in [-0.1, -0.05) is 23.7 Å². The molecule has 2 fully saturated rings. The molecule has 276 valence electrons. The molecule has 0 spiro atoms. The van der Waals surface area contributed by atoms with Gasteiger partial charge in [-0.15, -0.1) is 0 Å². The summed E-state index contributed by atoms with van der Waals surface area (Å²) in [6.07, 6.45) is -0.865. The van der Waals surface area contributed by atoms with Crippen molar-refractivity contribution in [1.29, 1.82) is 0 Å².